The van der Waals surface area contributed by atoms with Crippen molar-refractivity contribution in [2.75, 3.05) is 50.8 Å². The summed E-state index contributed by atoms with van der Waals surface area (Å²) in [5, 5.41) is 2.79. The third kappa shape index (κ3) is 5.10. The Labute approximate surface area is 229 Å². The second-order valence-corrected chi connectivity index (χ2v) is 10.8. The van der Waals surface area contributed by atoms with E-state index in [9.17, 15) is 22.4 Å². The van der Waals surface area contributed by atoms with Crippen LogP contribution in [-0.4, -0.2) is 61.5 Å². The Morgan fingerprint density at radius 1 is 1.23 bits per heavy atom. The van der Waals surface area contributed by atoms with Gasteiger partial charge in [0.1, 0.15) is 24.2 Å². The molecule has 39 heavy (non-hydrogen) atoms. The summed E-state index contributed by atoms with van der Waals surface area (Å²) in [7, 11) is 1.44. The van der Waals surface area contributed by atoms with Gasteiger partial charge in [-0.25, -0.2) is 13.6 Å². The average Bonchev–Trinajstić information content (AvgIpc) is 2.88. The van der Waals surface area contributed by atoms with Gasteiger partial charge in [-0.3, -0.25) is 4.57 Å². The minimum Gasteiger partial charge on any atom is -0.359 e. The van der Waals surface area contributed by atoms with Crippen LogP contribution in [0.15, 0.2) is 27.9 Å². The number of nitrogens with zero attached hydrogens (tertiary/aromatic N) is 3. The van der Waals surface area contributed by atoms with Gasteiger partial charge in [0, 0.05) is 66.0 Å². The molecule has 2 atom stereocenters. The molecule has 3 heterocycles. The second-order valence-electron chi connectivity index (χ2n) is 9.35. The van der Waals surface area contributed by atoms with Crippen LogP contribution in [0.25, 0.3) is 22.0 Å². The first-order valence-corrected chi connectivity index (χ1v) is 13.4. The molecular formula is C25H24ClF5N4O3S. The summed E-state index contributed by atoms with van der Waals surface area (Å²) in [6.07, 6.45) is -4.92. The predicted molar refractivity (Wildman–Crippen MR) is 139 cm³/mol. The molecule has 0 saturated carbocycles. The smallest absolute Gasteiger partial charge is 0.359 e. The molecule has 0 unspecified atom stereocenters. The number of benzene rings is 2. The lowest BCUT2D eigenvalue weighted by Crippen LogP contribution is -2.51. The van der Waals surface area contributed by atoms with Gasteiger partial charge in [-0.05, 0) is 19.1 Å². The van der Waals surface area contributed by atoms with Crippen molar-refractivity contribution in [3.63, 3.8) is 0 Å². The molecule has 1 N–H and O–H groups in total. The Hall–Kier alpha value is -2.45. The molecule has 2 aliphatic rings. The summed E-state index contributed by atoms with van der Waals surface area (Å²) >= 11 is 6.93. The maximum atomic E-state index is 15.1. The molecular weight excluding hydrogens is 567 g/mol. The number of hydrogen-bond donors (Lipinski definition) is 1. The monoisotopic (exact) mass is 590 g/mol. The number of rotatable bonds is 6. The first-order chi connectivity index (χ1) is 18.5. The van der Waals surface area contributed by atoms with Crippen molar-refractivity contribution < 1.29 is 31.4 Å². The van der Waals surface area contributed by atoms with E-state index in [0.717, 1.165) is 23.9 Å². The molecule has 210 valence electrons. The molecule has 14 heteroatoms. The van der Waals surface area contributed by atoms with Crippen LogP contribution < -0.4 is 15.9 Å². The first kappa shape index (κ1) is 28.1. The third-order valence-electron chi connectivity index (χ3n) is 6.80. The number of ether oxygens (including phenoxy) is 2. The molecule has 0 bridgehead atoms. The SMILES string of the molecule is COCOC[C@H]1CSc2c(-c3cc(Cl)c(F)cc3F)c(C(F)(F)F)cc3c(N4CCNC[C@@H]4C)nc(=O)n1c23. The van der Waals surface area contributed by atoms with E-state index in [0.29, 0.717) is 25.7 Å². The van der Waals surface area contributed by atoms with Gasteiger partial charge in [0.25, 0.3) is 0 Å². The number of anilines is 1. The van der Waals surface area contributed by atoms with Gasteiger partial charge in [-0.15, -0.1) is 11.8 Å². The van der Waals surface area contributed by atoms with E-state index in [4.69, 9.17) is 21.1 Å². The zero-order chi connectivity index (χ0) is 28.1. The molecule has 3 aromatic rings. The largest absolute Gasteiger partial charge is 0.417 e. The average molecular weight is 591 g/mol. The number of piperazine rings is 1. The Morgan fingerprint density at radius 2 is 2.00 bits per heavy atom. The van der Waals surface area contributed by atoms with Crippen molar-refractivity contribution in [3.05, 3.63) is 50.9 Å². The highest BCUT2D eigenvalue weighted by molar-refractivity contribution is 7.99. The minimum atomic E-state index is -4.92. The molecule has 1 aromatic heterocycles. The van der Waals surface area contributed by atoms with Crippen LogP contribution in [0.5, 0.6) is 0 Å². The molecule has 5 rings (SSSR count). The van der Waals surface area contributed by atoms with Gasteiger partial charge in [0.15, 0.2) is 0 Å². The molecule has 0 spiro atoms. The van der Waals surface area contributed by atoms with Crippen molar-refractivity contribution in [2.24, 2.45) is 0 Å². The van der Waals surface area contributed by atoms with Crippen molar-refractivity contribution in [2.45, 2.75) is 30.1 Å². The zero-order valence-electron chi connectivity index (χ0n) is 20.9. The number of nitrogens with one attached hydrogen (secondary N) is 1. The predicted octanol–water partition coefficient (Wildman–Crippen LogP) is 5.08. The highest BCUT2D eigenvalue weighted by atomic mass is 35.5. The first-order valence-electron chi connectivity index (χ1n) is 12.0. The van der Waals surface area contributed by atoms with Crippen molar-refractivity contribution >= 4 is 40.1 Å². The van der Waals surface area contributed by atoms with Crippen molar-refractivity contribution in [1.82, 2.24) is 14.9 Å². The van der Waals surface area contributed by atoms with Gasteiger partial charge in [-0.2, -0.15) is 18.2 Å². The Morgan fingerprint density at radius 3 is 2.69 bits per heavy atom. The lowest BCUT2D eigenvalue weighted by molar-refractivity contribution is -0.137. The van der Waals surface area contributed by atoms with E-state index in [1.54, 1.807) is 4.90 Å². The van der Waals surface area contributed by atoms with Gasteiger partial charge in [-0.1, -0.05) is 11.6 Å². The van der Waals surface area contributed by atoms with Crippen LogP contribution in [0.2, 0.25) is 5.02 Å². The van der Waals surface area contributed by atoms with E-state index in [1.807, 2.05) is 6.92 Å². The van der Waals surface area contributed by atoms with Gasteiger partial charge >= 0.3 is 11.9 Å². The van der Waals surface area contributed by atoms with E-state index in [-0.39, 0.29) is 46.8 Å². The molecule has 0 aliphatic carbocycles. The lowest BCUT2D eigenvalue weighted by atomic mass is 9.95. The van der Waals surface area contributed by atoms with E-state index in [2.05, 4.69) is 10.3 Å². The highest BCUT2D eigenvalue weighted by Crippen LogP contribution is 2.50. The molecule has 2 aromatic carbocycles. The summed E-state index contributed by atoms with van der Waals surface area (Å²) in [5.74, 6) is -2.04. The molecule has 1 saturated heterocycles. The number of hydrogen-bond acceptors (Lipinski definition) is 7. The number of methoxy groups -OCH3 is 1. The number of aromatic nitrogens is 2. The second kappa shape index (κ2) is 10.8. The maximum absolute atomic E-state index is 15.1. The Balaban J connectivity index is 1.89. The number of thioether (sulfide) groups is 1. The summed E-state index contributed by atoms with van der Waals surface area (Å²) in [6, 6.07) is 1.46. The number of halogens is 6. The maximum Gasteiger partial charge on any atom is 0.417 e. The van der Waals surface area contributed by atoms with Crippen molar-refractivity contribution in [1.29, 1.82) is 0 Å². The minimum absolute atomic E-state index is 0.0351. The summed E-state index contributed by atoms with van der Waals surface area (Å²) in [6.45, 7) is 3.38. The number of alkyl halides is 3. The van der Waals surface area contributed by atoms with Gasteiger partial charge in [0.2, 0.25) is 0 Å². The quantitative estimate of drug-likeness (QED) is 0.186. The Kier molecular flexibility index (Phi) is 7.81. The van der Waals surface area contributed by atoms with Gasteiger partial charge < -0.3 is 19.7 Å². The Bertz CT molecular complexity index is 1490. The fourth-order valence-electron chi connectivity index (χ4n) is 5.06. The fraction of sp³-hybridized carbons (Fsp3) is 0.440. The molecule has 0 amide bonds. The standard InChI is InChI=1S/C25H24ClF5N4O3S/c1-12-8-32-3-4-34(12)23-15-5-16(25(29,30)31)20(14-6-17(26)19(28)7-18(14)27)22-21(15)35(24(36)33-23)13(10-39-22)9-38-11-37-2/h5-7,12-13,32H,3-4,8-11H2,1-2H3/t12-,13-/m0/s1. The highest BCUT2D eigenvalue weighted by Gasteiger charge is 2.40. The van der Waals surface area contributed by atoms with Crippen LogP contribution in [0.4, 0.5) is 27.8 Å². The van der Waals surface area contributed by atoms with Crippen LogP contribution in [-0.2, 0) is 15.7 Å². The summed E-state index contributed by atoms with van der Waals surface area (Å²) in [5.41, 5.74) is -2.64. The van der Waals surface area contributed by atoms with E-state index >= 15 is 4.39 Å². The topological polar surface area (TPSA) is 68.6 Å². The molecule has 2 aliphatic heterocycles. The van der Waals surface area contributed by atoms with Crippen molar-refractivity contribution in [3.8, 4) is 11.1 Å². The summed E-state index contributed by atoms with van der Waals surface area (Å²) < 4.78 is 84.7. The normalized spacial score (nSPS) is 19.6. The lowest BCUT2D eigenvalue weighted by Gasteiger charge is -2.37. The third-order valence-corrected chi connectivity index (χ3v) is 8.33. The van der Waals surface area contributed by atoms with Crippen LogP contribution in [0, 0.1) is 11.6 Å². The van der Waals surface area contributed by atoms with Crippen LogP contribution >= 0.6 is 23.4 Å². The van der Waals surface area contributed by atoms with E-state index < -0.39 is 51.3 Å². The van der Waals surface area contributed by atoms with Gasteiger partial charge in [0.05, 0.1) is 28.8 Å². The van der Waals surface area contributed by atoms with E-state index in [1.165, 1.54) is 11.7 Å². The molecule has 7 nitrogen and oxygen atoms in total. The zero-order valence-corrected chi connectivity index (χ0v) is 22.4. The summed E-state index contributed by atoms with van der Waals surface area (Å²) in [4.78, 5) is 19.6. The fourth-order valence-corrected chi connectivity index (χ4v) is 6.54. The molecule has 1 fully saturated rings. The van der Waals surface area contributed by atoms with Crippen LogP contribution in [0.3, 0.4) is 0 Å². The van der Waals surface area contributed by atoms with Crippen LogP contribution in [0.1, 0.15) is 18.5 Å². The molecule has 0 radical (unpaired) electrons.